The Balaban J connectivity index is 1.36. The normalized spacial score (nSPS) is 16.7. The van der Waals surface area contributed by atoms with E-state index < -0.39 is 12.1 Å². The number of nitrogens with zero attached hydrogens (tertiary/aromatic N) is 1. The lowest BCUT2D eigenvalue weighted by Crippen LogP contribution is -2.29. The lowest BCUT2D eigenvalue weighted by atomic mass is 9.90. The van der Waals surface area contributed by atoms with Gasteiger partial charge in [0.2, 0.25) is 0 Å². The first-order valence-electron chi connectivity index (χ1n) is 9.64. The molecule has 4 rings (SSSR count). The molecule has 1 aliphatic carbocycles. The van der Waals surface area contributed by atoms with Crippen molar-refractivity contribution in [3.8, 4) is 11.3 Å². The predicted octanol–water partition coefficient (Wildman–Crippen LogP) is 5.18. The van der Waals surface area contributed by atoms with Crippen LogP contribution in [0.1, 0.15) is 40.4 Å². The topological polar surface area (TPSA) is 68.3 Å². The van der Waals surface area contributed by atoms with Crippen LogP contribution in [0.2, 0.25) is 0 Å². The molecule has 1 aliphatic rings. The van der Waals surface area contributed by atoms with Crippen LogP contribution in [-0.2, 0) is 22.4 Å². The molecule has 0 spiro atoms. The highest BCUT2D eigenvalue weighted by Gasteiger charge is 2.24. The lowest BCUT2D eigenvalue weighted by Gasteiger charge is -2.16. The first kappa shape index (κ1) is 19.8. The minimum absolute atomic E-state index is 0.387. The second-order valence-corrected chi connectivity index (χ2v) is 9.34. The first-order valence-corrected chi connectivity index (χ1v) is 11.3. The van der Waals surface area contributed by atoms with Crippen LogP contribution in [0.25, 0.3) is 11.3 Å². The molecular formula is C22H22N2O3S2. The van der Waals surface area contributed by atoms with E-state index in [0.29, 0.717) is 15.9 Å². The summed E-state index contributed by atoms with van der Waals surface area (Å²) in [7, 11) is 0. The van der Waals surface area contributed by atoms with Crippen molar-refractivity contribution in [3.05, 3.63) is 57.1 Å². The highest BCUT2D eigenvalue weighted by Crippen LogP contribution is 2.32. The van der Waals surface area contributed by atoms with Crippen molar-refractivity contribution in [1.29, 1.82) is 0 Å². The van der Waals surface area contributed by atoms with Gasteiger partial charge in [-0.25, -0.2) is 9.78 Å². The summed E-state index contributed by atoms with van der Waals surface area (Å²) >= 11 is 2.83. The summed E-state index contributed by atoms with van der Waals surface area (Å²) < 4.78 is 5.40. The molecule has 2 atom stereocenters. The van der Waals surface area contributed by atoms with Gasteiger partial charge in [-0.3, -0.25) is 10.1 Å². The van der Waals surface area contributed by atoms with Crippen molar-refractivity contribution in [3.63, 3.8) is 0 Å². The molecule has 1 aromatic carbocycles. The molecular weight excluding hydrogens is 404 g/mol. The van der Waals surface area contributed by atoms with E-state index in [4.69, 9.17) is 4.74 Å². The van der Waals surface area contributed by atoms with E-state index in [2.05, 4.69) is 17.2 Å². The van der Waals surface area contributed by atoms with Crippen LogP contribution in [0, 0.1) is 5.92 Å². The number of nitrogens with one attached hydrogen (secondary N) is 1. The van der Waals surface area contributed by atoms with E-state index in [1.54, 1.807) is 6.92 Å². The molecule has 0 bridgehead atoms. The number of hydrogen-bond acceptors (Lipinski definition) is 6. The Hall–Kier alpha value is -2.51. The van der Waals surface area contributed by atoms with E-state index >= 15 is 0 Å². The van der Waals surface area contributed by atoms with Gasteiger partial charge in [-0.2, -0.15) is 0 Å². The maximum Gasteiger partial charge on any atom is 0.349 e. The Morgan fingerprint density at radius 3 is 2.86 bits per heavy atom. The number of aryl methyl sites for hydroxylation is 1. The minimum atomic E-state index is -0.898. The van der Waals surface area contributed by atoms with E-state index in [9.17, 15) is 9.59 Å². The third-order valence-electron chi connectivity index (χ3n) is 4.99. The Labute approximate surface area is 177 Å². The number of esters is 1. The molecule has 0 saturated carbocycles. The van der Waals surface area contributed by atoms with Gasteiger partial charge in [-0.1, -0.05) is 37.3 Å². The van der Waals surface area contributed by atoms with Crippen LogP contribution in [0.4, 0.5) is 5.13 Å². The molecule has 150 valence electrons. The average molecular weight is 427 g/mol. The van der Waals surface area contributed by atoms with Gasteiger partial charge in [-0.15, -0.1) is 22.7 Å². The standard InChI is InChI=1S/C22H22N2O3S2/c1-13-8-9-18-16(10-13)11-19(29-18)21(26)27-14(2)20(25)24-22-23-17(12-28-22)15-6-4-3-5-7-15/h3-7,11-14H,8-10H2,1-2H3,(H,23,24,25)/t13-,14-/m1/s1. The Morgan fingerprint density at radius 1 is 1.28 bits per heavy atom. The van der Waals surface area contributed by atoms with E-state index in [1.165, 1.54) is 33.1 Å². The predicted molar refractivity (Wildman–Crippen MR) is 117 cm³/mol. The van der Waals surface area contributed by atoms with E-state index in [1.807, 2.05) is 41.8 Å². The fraction of sp³-hybridized carbons (Fsp3) is 0.318. The zero-order chi connectivity index (χ0) is 20.4. The second kappa shape index (κ2) is 8.47. The van der Waals surface area contributed by atoms with E-state index in [-0.39, 0.29) is 5.91 Å². The molecule has 3 aromatic rings. The summed E-state index contributed by atoms with van der Waals surface area (Å²) in [6.07, 6.45) is 2.27. The van der Waals surface area contributed by atoms with Gasteiger partial charge in [0, 0.05) is 15.8 Å². The highest BCUT2D eigenvalue weighted by molar-refractivity contribution is 7.14. The Bertz CT molecular complexity index is 1030. The Kier molecular flexibility index (Phi) is 5.78. The van der Waals surface area contributed by atoms with Crippen LogP contribution in [-0.4, -0.2) is 23.0 Å². The van der Waals surface area contributed by atoms with Crippen molar-refractivity contribution in [2.24, 2.45) is 5.92 Å². The number of amides is 1. The van der Waals surface area contributed by atoms with Gasteiger partial charge in [-0.05, 0) is 43.7 Å². The van der Waals surface area contributed by atoms with Gasteiger partial charge < -0.3 is 4.74 Å². The lowest BCUT2D eigenvalue weighted by molar-refractivity contribution is -0.123. The molecule has 2 aromatic heterocycles. The number of aromatic nitrogens is 1. The van der Waals surface area contributed by atoms with Crippen molar-refractivity contribution in [1.82, 2.24) is 4.98 Å². The zero-order valence-electron chi connectivity index (χ0n) is 16.3. The number of thiazole rings is 1. The average Bonchev–Trinajstić information content (AvgIpc) is 3.35. The molecule has 1 N–H and O–H groups in total. The molecule has 0 radical (unpaired) electrons. The summed E-state index contributed by atoms with van der Waals surface area (Å²) in [4.78, 5) is 31.2. The smallest absolute Gasteiger partial charge is 0.349 e. The Morgan fingerprint density at radius 2 is 2.07 bits per heavy atom. The van der Waals surface area contributed by atoms with Gasteiger partial charge in [0.15, 0.2) is 11.2 Å². The van der Waals surface area contributed by atoms with Gasteiger partial charge in [0.1, 0.15) is 4.88 Å². The van der Waals surface area contributed by atoms with Gasteiger partial charge >= 0.3 is 5.97 Å². The summed E-state index contributed by atoms with van der Waals surface area (Å²) in [6.45, 7) is 3.81. The van der Waals surface area contributed by atoms with Gasteiger partial charge in [0.05, 0.1) is 5.69 Å². The molecule has 29 heavy (non-hydrogen) atoms. The molecule has 2 heterocycles. The summed E-state index contributed by atoms with van der Waals surface area (Å²) in [5.41, 5.74) is 3.03. The molecule has 5 nitrogen and oxygen atoms in total. The van der Waals surface area contributed by atoms with Crippen LogP contribution < -0.4 is 5.32 Å². The van der Waals surface area contributed by atoms with Crippen molar-refractivity contribution < 1.29 is 14.3 Å². The number of rotatable bonds is 5. The van der Waals surface area contributed by atoms with Crippen molar-refractivity contribution in [2.75, 3.05) is 5.32 Å². The van der Waals surface area contributed by atoms with Crippen molar-refractivity contribution >= 4 is 39.7 Å². The molecule has 7 heteroatoms. The number of thiophene rings is 1. The number of fused-ring (bicyclic) bond motifs is 1. The largest absolute Gasteiger partial charge is 0.448 e. The van der Waals surface area contributed by atoms with Crippen LogP contribution in [0.15, 0.2) is 41.8 Å². The maximum atomic E-state index is 12.5. The number of hydrogen-bond donors (Lipinski definition) is 1. The maximum absolute atomic E-state index is 12.5. The summed E-state index contributed by atoms with van der Waals surface area (Å²) in [6, 6.07) is 11.7. The van der Waals surface area contributed by atoms with Gasteiger partial charge in [0.25, 0.3) is 5.91 Å². The van der Waals surface area contributed by atoms with Crippen LogP contribution in [0.3, 0.4) is 0 Å². The third kappa shape index (κ3) is 4.57. The first-order chi connectivity index (χ1) is 14.0. The number of benzene rings is 1. The molecule has 1 amide bonds. The summed E-state index contributed by atoms with van der Waals surface area (Å²) in [5.74, 6) is -0.184. The monoisotopic (exact) mass is 426 g/mol. The number of ether oxygens (including phenoxy) is 1. The quantitative estimate of drug-likeness (QED) is 0.571. The summed E-state index contributed by atoms with van der Waals surface area (Å²) in [5, 5.41) is 5.11. The highest BCUT2D eigenvalue weighted by atomic mass is 32.1. The number of carbonyl (C=O) groups excluding carboxylic acids is 2. The SMILES string of the molecule is C[C@@H]1CCc2sc(C(=O)O[C@H](C)C(=O)Nc3nc(-c4ccccc4)cs3)cc2C1. The fourth-order valence-electron chi connectivity index (χ4n) is 3.36. The third-order valence-corrected chi connectivity index (χ3v) is 6.96. The van der Waals surface area contributed by atoms with Crippen molar-refractivity contribution in [2.45, 2.75) is 39.2 Å². The fourth-order valence-corrected chi connectivity index (χ4v) is 5.17. The molecule has 0 fully saturated rings. The molecule has 0 unspecified atom stereocenters. The molecule has 0 aliphatic heterocycles. The minimum Gasteiger partial charge on any atom is -0.448 e. The molecule has 0 saturated heterocycles. The zero-order valence-corrected chi connectivity index (χ0v) is 17.9. The second-order valence-electron chi connectivity index (χ2n) is 7.35. The number of carbonyl (C=O) groups is 2. The van der Waals surface area contributed by atoms with Crippen LogP contribution in [0.5, 0.6) is 0 Å². The van der Waals surface area contributed by atoms with E-state index in [0.717, 1.165) is 30.5 Å². The van der Waals surface area contributed by atoms with Crippen LogP contribution >= 0.6 is 22.7 Å². The number of anilines is 1.